The highest BCUT2D eigenvalue weighted by Crippen LogP contribution is 2.14. The van der Waals surface area contributed by atoms with Gasteiger partial charge in [0.2, 0.25) is 0 Å². The van der Waals surface area contributed by atoms with Crippen LogP contribution in [0.15, 0.2) is 0 Å². The van der Waals surface area contributed by atoms with E-state index in [0.717, 1.165) is 39.3 Å². The highest BCUT2D eigenvalue weighted by atomic mass is 16.5. The Morgan fingerprint density at radius 2 is 2.15 bits per heavy atom. The summed E-state index contributed by atoms with van der Waals surface area (Å²) in [6.45, 7) is 6.96. The van der Waals surface area contributed by atoms with Crippen LogP contribution in [-0.2, 0) is 11.8 Å². The van der Waals surface area contributed by atoms with Crippen molar-refractivity contribution in [1.82, 2.24) is 20.0 Å². The smallest absolute Gasteiger partial charge is 0.271 e. The van der Waals surface area contributed by atoms with Gasteiger partial charge in [-0.2, -0.15) is 5.10 Å². The van der Waals surface area contributed by atoms with Crippen LogP contribution in [0.4, 0.5) is 5.69 Å². The van der Waals surface area contributed by atoms with Crippen LogP contribution in [0.2, 0.25) is 0 Å². The number of nitrogens with one attached hydrogen (secondary N) is 1. The lowest BCUT2D eigenvalue weighted by Gasteiger charge is -2.26. The van der Waals surface area contributed by atoms with Gasteiger partial charge < -0.3 is 15.8 Å². The number of nitrogens with two attached hydrogens (primary N) is 1. The number of carbonyl (C=O) groups excluding carboxylic acids is 1. The summed E-state index contributed by atoms with van der Waals surface area (Å²) < 4.78 is 6.83. The second-order valence-corrected chi connectivity index (χ2v) is 5.03. The van der Waals surface area contributed by atoms with Crippen molar-refractivity contribution in [2.45, 2.75) is 13.3 Å². The Bertz CT molecular complexity index is 466. The highest BCUT2D eigenvalue weighted by Gasteiger charge is 2.17. The van der Waals surface area contributed by atoms with Crippen LogP contribution in [0.1, 0.15) is 22.6 Å². The molecule has 0 aromatic carbocycles. The van der Waals surface area contributed by atoms with Crippen LogP contribution in [0.3, 0.4) is 0 Å². The quantitative estimate of drug-likeness (QED) is 0.728. The number of aromatic nitrogens is 2. The Hall–Kier alpha value is -1.60. The standard InChI is InChI=1S/C13H23N5O2/c1-10-11(14)12(17(2)16-10)13(19)15-4-3-5-18-6-8-20-9-7-18/h3-9,14H2,1-2H3,(H,15,19). The summed E-state index contributed by atoms with van der Waals surface area (Å²) in [5.41, 5.74) is 7.44. The minimum absolute atomic E-state index is 0.160. The third-order valence-corrected chi connectivity index (χ3v) is 3.52. The van der Waals surface area contributed by atoms with E-state index >= 15 is 0 Å². The molecule has 7 heteroatoms. The van der Waals surface area contributed by atoms with E-state index in [4.69, 9.17) is 10.5 Å². The van der Waals surface area contributed by atoms with Crippen molar-refractivity contribution in [3.05, 3.63) is 11.4 Å². The van der Waals surface area contributed by atoms with Gasteiger partial charge in [-0.05, 0) is 19.9 Å². The molecule has 1 aliphatic heterocycles. The molecule has 0 aliphatic carbocycles. The minimum atomic E-state index is -0.160. The third-order valence-electron chi connectivity index (χ3n) is 3.52. The third kappa shape index (κ3) is 3.49. The van der Waals surface area contributed by atoms with E-state index in [0.29, 0.717) is 23.6 Å². The molecule has 0 atom stereocenters. The van der Waals surface area contributed by atoms with Gasteiger partial charge in [-0.1, -0.05) is 0 Å². The molecule has 0 radical (unpaired) electrons. The zero-order valence-electron chi connectivity index (χ0n) is 12.2. The molecule has 112 valence electrons. The second-order valence-electron chi connectivity index (χ2n) is 5.03. The summed E-state index contributed by atoms with van der Waals surface area (Å²) in [6, 6.07) is 0. The monoisotopic (exact) mass is 281 g/mol. The van der Waals surface area contributed by atoms with Gasteiger partial charge in [0.15, 0.2) is 0 Å². The van der Waals surface area contributed by atoms with Crippen LogP contribution >= 0.6 is 0 Å². The lowest BCUT2D eigenvalue weighted by Crippen LogP contribution is -2.38. The highest BCUT2D eigenvalue weighted by molar-refractivity contribution is 5.97. The lowest BCUT2D eigenvalue weighted by atomic mass is 10.3. The number of carbonyl (C=O) groups is 1. The van der Waals surface area contributed by atoms with E-state index in [-0.39, 0.29) is 5.91 Å². The molecule has 2 rings (SSSR count). The Kier molecular flexibility index (Phi) is 4.97. The molecule has 0 bridgehead atoms. The molecule has 0 spiro atoms. The first-order valence-corrected chi connectivity index (χ1v) is 6.97. The van der Waals surface area contributed by atoms with Gasteiger partial charge >= 0.3 is 0 Å². The number of aryl methyl sites for hydroxylation is 2. The number of nitrogens with zero attached hydrogens (tertiary/aromatic N) is 3. The first-order chi connectivity index (χ1) is 9.59. The molecule has 1 aliphatic rings. The van der Waals surface area contributed by atoms with Gasteiger partial charge in [-0.3, -0.25) is 14.4 Å². The average Bonchev–Trinajstić information content (AvgIpc) is 2.69. The van der Waals surface area contributed by atoms with Gasteiger partial charge in [0, 0.05) is 26.7 Å². The molecule has 2 heterocycles. The fourth-order valence-electron chi connectivity index (χ4n) is 2.36. The molecular formula is C13H23N5O2. The second kappa shape index (κ2) is 6.71. The Labute approximate surface area is 119 Å². The number of ether oxygens (including phenoxy) is 1. The van der Waals surface area contributed by atoms with Crippen LogP contribution in [0.25, 0.3) is 0 Å². The first-order valence-electron chi connectivity index (χ1n) is 6.97. The van der Waals surface area contributed by atoms with E-state index in [1.165, 1.54) is 4.68 Å². The van der Waals surface area contributed by atoms with E-state index in [1.807, 2.05) is 0 Å². The fourth-order valence-corrected chi connectivity index (χ4v) is 2.36. The average molecular weight is 281 g/mol. The molecule has 1 aromatic rings. The zero-order valence-corrected chi connectivity index (χ0v) is 12.2. The zero-order chi connectivity index (χ0) is 14.5. The van der Waals surface area contributed by atoms with Crippen molar-refractivity contribution in [2.75, 3.05) is 45.1 Å². The van der Waals surface area contributed by atoms with Gasteiger partial charge in [-0.25, -0.2) is 0 Å². The topological polar surface area (TPSA) is 85.4 Å². The predicted molar refractivity (Wildman–Crippen MR) is 76.6 cm³/mol. The summed E-state index contributed by atoms with van der Waals surface area (Å²) in [7, 11) is 1.73. The summed E-state index contributed by atoms with van der Waals surface area (Å²) in [5.74, 6) is -0.160. The van der Waals surface area contributed by atoms with Crippen molar-refractivity contribution >= 4 is 11.6 Å². The van der Waals surface area contributed by atoms with E-state index < -0.39 is 0 Å². The molecule has 20 heavy (non-hydrogen) atoms. The van der Waals surface area contributed by atoms with Crippen molar-refractivity contribution in [1.29, 1.82) is 0 Å². The largest absolute Gasteiger partial charge is 0.395 e. The number of nitrogen functional groups attached to an aromatic ring is 1. The maximum Gasteiger partial charge on any atom is 0.271 e. The fraction of sp³-hybridized carbons (Fsp3) is 0.692. The first kappa shape index (κ1) is 14.8. The van der Waals surface area contributed by atoms with Crippen LogP contribution < -0.4 is 11.1 Å². The van der Waals surface area contributed by atoms with Crippen LogP contribution in [0, 0.1) is 6.92 Å². The Morgan fingerprint density at radius 1 is 1.45 bits per heavy atom. The molecular weight excluding hydrogens is 258 g/mol. The molecule has 0 saturated carbocycles. The summed E-state index contributed by atoms with van der Waals surface area (Å²) >= 11 is 0. The molecule has 1 fully saturated rings. The SMILES string of the molecule is Cc1nn(C)c(C(=O)NCCCN2CCOCC2)c1N. The number of anilines is 1. The van der Waals surface area contributed by atoms with Gasteiger partial charge in [0.25, 0.3) is 5.91 Å². The molecule has 7 nitrogen and oxygen atoms in total. The summed E-state index contributed by atoms with van der Waals surface area (Å²) in [6.07, 6.45) is 0.919. The van der Waals surface area contributed by atoms with E-state index in [9.17, 15) is 4.79 Å². The van der Waals surface area contributed by atoms with Gasteiger partial charge in [-0.15, -0.1) is 0 Å². The lowest BCUT2D eigenvalue weighted by molar-refractivity contribution is 0.0374. The summed E-state index contributed by atoms with van der Waals surface area (Å²) in [4.78, 5) is 14.4. The van der Waals surface area contributed by atoms with Crippen molar-refractivity contribution < 1.29 is 9.53 Å². The maximum atomic E-state index is 12.1. The van der Waals surface area contributed by atoms with E-state index in [1.54, 1.807) is 14.0 Å². The number of amides is 1. The molecule has 1 saturated heterocycles. The normalized spacial score (nSPS) is 16.3. The van der Waals surface area contributed by atoms with Crippen LogP contribution in [0.5, 0.6) is 0 Å². The minimum Gasteiger partial charge on any atom is -0.395 e. The Morgan fingerprint density at radius 3 is 2.75 bits per heavy atom. The molecule has 3 N–H and O–H groups in total. The van der Waals surface area contributed by atoms with E-state index in [2.05, 4.69) is 15.3 Å². The molecule has 0 unspecified atom stereocenters. The number of hydrogen-bond acceptors (Lipinski definition) is 5. The Balaban J connectivity index is 1.74. The van der Waals surface area contributed by atoms with Gasteiger partial charge in [0.05, 0.1) is 24.6 Å². The van der Waals surface area contributed by atoms with Crippen molar-refractivity contribution in [2.24, 2.45) is 7.05 Å². The van der Waals surface area contributed by atoms with Crippen LogP contribution in [-0.4, -0.2) is 60.0 Å². The summed E-state index contributed by atoms with van der Waals surface area (Å²) in [5, 5.41) is 7.04. The van der Waals surface area contributed by atoms with Crippen molar-refractivity contribution in [3.8, 4) is 0 Å². The number of hydrogen-bond donors (Lipinski definition) is 2. The number of rotatable bonds is 5. The predicted octanol–water partition coefficient (Wildman–Crippen LogP) is -0.237. The molecule has 1 amide bonds. The van der Waals surface area contributed by atoms with Crippen molar-refractivity contribution in [3.63, 3.8) is 0 Å². The molecule has 1 aromatic heterocycles. The van der Waals surface area contributed by atoms with Gasteiger partial charge in [0.1, 0.15) is 5.69 Å². The maximum absolute atomic E-state index is 12.1. The number of morpholine rings is 1.